The molecule has 0 spiro atoms. The molecule has 1 aliphatic rings. The van der Waals surface area contributed by atoms with E-state index in [1.165, 1.54) is 5.69 Å². The molecule has 4 nitrogen and oxygen atoms in total. The summed E-state index contributed by atoms with van der Waals surface area (Å²) in [5.74, 6) is 0. The Bertz CT molecular complexity index is 365. The SMILES string of the molecule is CC1(C)COCCN1c1ccnc(CN)c1. The minimum Gasteiger partial charge on any atom is -0.377 e. The average molecular weight is 221 g/mol. The van der Waals surface area contributed by atoms with Gasteiger partial charge in [0.05, 0.1) is 24.4 Å². The minimum atomic E-state index is 0.0332. The lowest BCUT2D eigenvalue weighted by Crippen LogP contribution is -2.53. The van der Waals surface area contributed by atoms with E-state index < -0.39 is 0 Å². The van der Waals surface area contributed by atoms with E-state index in [0.29, 0.717) is 6.54 Å². The van der Waals surface area contributed by atoms with Crippen LogP contribution in [-0.2, 0) is 11.3 Å². The van der Waals surface area contributed by atoms with Crippen LogP contribution in [0, 0.1) is 0 Å². The van der Waals surface area contributed by atoms with E-state index in [-0.39, 0.29) is 5.54 Å². The molecular weight excluding hydrogens is 202 g/mol. The third kappa shape index (κ3) is 2.18. The van der Waals surface area contributed by atoms with E-state index in [0.717, 1.165) is 25.5 Å². The highest BCUT2D eigenvalue weighted by Gasteiger charge is 2.30. The summed E-state index contributed by atoms with van der Waals surface area (Å²) in [6.07, 6.45) is 1.82. The molecule has 88 valence electrons. The van der Waals surface area contributed by atoms with Crippen molar-refractivity contribution in [3.8, 4) is 0 Å². The zero-order valence-electron chi connectivity index (χ0n) is 9.94. The van der Waals surface area contributed by atoms with Gasteiger partial charge in [-0.25, -0.2) is 0 Å². The van der Waals surface area contributed by atoms with Crippen molar-refractivity contribution < 1.29 is 4.74 Å². The first-order valence-electron chi connectivity index (χ1n) is 5.64. The molecule has 1 aliphatic heterocycles. The quantitative estimate of drug-likeness (QED) is 0.814. The summed E-state index contributed by atoms with van der Waals surface area (Å²) in [7, 11) is 0. The molecule has 0 aliphatic carbocycles. The molecule has 16 heavy (non-hydrogen) atoms. The maximum Gasteiger partial charge on any atom is 0.0694 e. The molecule has 1 aromatic heterocycles. The van der Waals surface area contributed by atoms with E-state index in [4.69, 9.17) is 10.5 Å². The minimum absolute atomic E-state index is 0.0332. The second-order valence-electron chi connectivity index (χ2n) is 4.73. The number of hydrogen-bond acceptors (Lipinski definition) is 4. The average Bonchev–Trinajstić information content (AvgIpc) is 2.28. The Balaban J connectivity index is 2.27. The molecule has 2 rings (SSSR count). The third-order valence-corrected chi connectivity index (χ3v) is 2.97. The van der Waals surface area contributed by atoms with Crippen LogP contribution < -0.4 is 10.6 Å². The van der Waals surface area contributed by atoms with Gasteiger partial charge in [0.2, 0.25) is 0 Å². The van der Waals surface area contributed by atoms with Crippen LogP contribution in [0.25, 0.3) is 0 Å². The summed E-state index contributed by atoms with van der Waals surface area (Å²) in [5.41, 5.74) is 7.76. The maximum absolute atomic E-state index is 5.61. The third-order valence-electron chi connectivity index (χ3n) is 2.97. The lowest BCUT2D eigenvalue weighted by Gasteiger charge is -2.43. The van der Waals surface area contributed by atoms with Gasteiger partial charge in [-0.2, -0.15) is 0 Å². The predicted molar refractivity (Wildman–Crippen MR) is 64.4 cm³/mol. The monoisotopic (exact) mass is 221 g/mol. The highest BCUT2D eigenvalue weighted by molar-refractivity contribution is 5.49. The Morgan fingerprint density at radius 3 is 3.06 bits per heavy atom. The summed E-state index contributed by atoms with van der Waals surface area (Å²) in [6, 6.07) is 4.10. The summed E-state index contributed by atoms with van der Waals surface area (Å²) in [4.78, 5) is 6.58. The molecule has 1 aromatic rings. The van der Waals surface area contributed by atoms with E-state index in [1.807, 2.05) is 12.3 Å². The van der Waals surface area contributed by atoms with Crippen LogP contribution in [0.15, 0.2) is 18.3 Å². The fraction of sp³-hybridized carbons (Fsp3) is 0.583. The Morgan fingerprint density at radius 2 is 2.38 bits per heavy atom. The van der Waals surface area contributed by atoms with Crippen molar-refractivity contribution >= 4 is 5.69 Å². The van der Waals surface area contributed by atoms with Crippen LogP contribution in [0.3, 0.4) is 0 Å². The largest absolute Gasteiger partial charge is 0.377 e. The van der Waals surface area contributed by atoms with Gasteiger partial charge in [-0.05, 0) is 26.0 Å². The highest BCUT2D eigenvalue weighted by atomic mass is 16.5. The van der Waals surface area contributed by atoms with Crippen molar-refractivity contribution in [3.63, 3.8) is 0 Å². The Kier molecular flexibility index (Phi) is 3.12. The van der Waals surface area contributed by atoms with Crippen LogP contribution in [0.1, 0.15) is 19.5 Å². The van der Waals surface area contributed by atoms with Crippen molar-refractivity contribution in [2.24, 2.45) is 5.73 Å². The molecule has 2 heterocycles. The lowest BCUT2D eigenvalue weighted by atomic mass is 10.0. The number of hydrogen-bond donors (Lipinski definition) is 1. The standard InChI is InChI=1S/C12H19N3O/c1-12(2)9-16-6-5-15(12)11-3-4-14-10(7-11)8-13/h3-4,7H,5-6,8-9,13H2,1-2H3. The number of nitrogens with zero attached hydrogens (tertiary/aromatic N) is 2. The van der Waals surface area contributed by atoms with Gasteiger partial charge in [0.25, 0.3) is 0 Å². The summed E-state index contributed by atoms with van der Waals surface area (Å²) < 4.78 is 5.51. The fourth-order valence-corrected chi connectivity index (χ4v) is 2.08. The zero-order chi connectivity index (χ0) is 11.6. The van der Waals surface area contributed by atoms with Crippen LogP contribution in [0.4, 0.5) is 5.69 Å². The Labute approximate surface area is 96.4 Å². The van der Waals surface area contributed by atoms with Crippen molar-refractivity contribution in [2.45, 2.75) is 25.9 Å². The van der Waals surface area contributed by atoms with Gasteiger partial charge >= 0.3 is 0 Å². The second-order valence-corrected chi connectivity index (χ2v) is 4.73. The molecule has 0 saturated carbocycles. The number of pyridine rings is 1. The van der Waals surface area contributed by atoms with Crippen molar-refractivity contribution in [3.05, 3.63) is 24.0 Å². The van der Waals surface area contributed by atoms with Gasteiger partial charge in [0, 0.05) is 25.0 Å². The van der Waals surface area contributed by atoms with Gasteiger partial charge < -0.3 is 15.4 Å². The molecule has 4 heteroatoms. The van der Waals surface area contributed by atoms with E-state index in [1.54, 1.807) is 0 Å². The maximum atomic E-state index is 5.61. The smallest absolute Gasteiger partial charge is 0.0694 e. The summed E-state index contributed by atoms with van der Waals surface area (Å²) in [5, 5.41) is 0. The molecule has 0 amide bonds. The second kappa shape index (κ2) is 4.39. The molecule has 1 saturated heterocycles. The van der Waals surface area contributed by atoms with Gasteiger partial charge in [0.1, 0.15) is 0 Å². The Morgan fingerprint density at radius 1 is 1.56 bits per heavy atom. The van der Waals surface area contributed by atoms with Gasteiger partial charge in [-0.15, -0.1) is 0 Å². The number of nitrogens with two attached hydrogens (primary N) is 1. The zero-order valence-corrected chi connectivity index (χ0v) is 9.94. The molecule has 0 radical (unpaired) electrons. The predicted octanol–water partition coefficient (Wildman–Crippen LogP) is 1.16. The van der Waals surface area contributed by atoms with E-state index in [9.17, 15) is 0 Å². The molecule has 2 N–H and O–H groups in total. The normalized spacial score (nSPS) is 19.8. The van der Waals surface area contributed by atoms with Gasteiger partial charge in [-0.1, -0.05) is 0 Å². The highest BCUT2D eigenvalue weighted by Crippen LogP contribution is 2.26. The Hall–Kier alpha value is -1.13. The van der Waals surface area contributed by atoms with Crippen molar-refractivity contribution in [2.75, 3.05) is 24.7 Å². The summed E-state index contributed by atoms with van der Waals surface area (Å²) in [6.45, 7) is 7.32. The van der Waals surface area contributed by atoms with E-state index in [2.05, 4.69) is 29.8 Å². The lowest BCUT2D eigenvalue weighted by molar-refractivity contribution is 0.0644. The van der Waals surface area contributed by atoms with Gasteiger partial charge in [-0.3, -0.25) is 4.98 Å². The number of anilines is 1. The van der Waals surface area contributed by atoms with Gasteiger partial charge in [0.15, 0.2) is 0 Å². The molecular formula is C12H19N3O. The number of morpholine rings is 1. The molecule has 0 aromatic carbocycles. The first kappa shape index (κ1) is 11.4. The molecule has 0 bridgehead atoms. The van der Waals surface area contributed by atoms with E-state index >= 15 is 0 Å². The number of rotatable bonds is 2. The van der Waals surface area contributed by atoms with Crippen molar-refractivity contribution in [1.29, 1.82) is 0 Å². The number of aromatic nitrogens is 1. The van der Waals surface area contributed by atoms with Crippen LogP contribution in [0.2, 0.25) is 0 Å². The topological polar surface area (TPSA) is 51.4 Å². The first-order chi connectivity index (χ1) is 7.63. The van der Waals surface area contributed by atoms with Crippen LogP contribution in [0.5, 0.6) is 0 Å². The number of ether oxygens (including phenoxy) is 1. The van der Waals surface area contributed by atoms with Crippen LogP contribution >= 0.6 is 0 Å². The summed E-state index contributed by atoms with van der Waals surface area (Å²) >= 11 is 0. The first-order valence-corrected chi connectivity index (χ1v) is 5.64. The molecule has 1 fully saturated rings. The molecule has 0 unspecified atom stereocenters. The van der Waals surface area contributed by atoms with Crippen LogP contribution in [-0.4, -0.2) is 30.3 Å². The fourth-order valence-electron chi connectivity index (χ4n) is 2.08. The van der Waals surface area contributed by atoms with Crippen molar-refractivity contribution in [1.82, 2.24) is 4.98 Å². The molecule has 0 atom stereocenters.